The van der Waals surface area contributed by atoms with E-state index in [-0.39, 0.29) is 12.1 Å². The lowest BCUT2D eigenvalue weighted by atomic mass is 9.85. The van der Waals surface area contributed by atoms with Gasteiger partial charge in [0.2, 0.25) is 0 Å². The molecule has 0 aromatic rings. The van der Waals surface area contributed by atoms with Crippen LogP contribution < -0.4 is 0 Å². The van der Waals surface area contributed by atoms with Gasteiger partial charge in [0.15, 0.2) is 0 Å². The van der Waals surface area contributed by atoms with E-state index in [4.69, 9.17) is 9.47 Å². The van der Waals surface area contributed by atoms with Crippen molar-refractivity contribution >= 4 is 11.4 Å². The zero-order valence-electron chi connectivity index (χ0n) is 12.7. The predicted octanol–water partition coefficient (Wildman–Crippen LogP) is -0.158. The van der Waals surface area contributed by atoms with Gasteiger partial charge in [-0.25, -0.2) is 0 Å². The van der Waals surface area contributed by atoms with Gasteiger partial charge in [-0.2, -0.15) is 0 Å². The van der Waals surface area contributed by atoms with Gasteiger partial charge in [0.1, 0.15) is 11.4 Å². The average molecular weight is 312 g/mol. The Morgan fingerprint density at radius 3 is 1.41 bits per heavy atom. The largest absolute Gasteiger partial charge is 0.411 e. The molecule has 1 saturated carbocycles. The molecule has 2 unspecified atom stereocenters. The first-order chi connectivity index (χ1) is 10.8. The quantitative estimate of drug-likeness (QED) is 0.544. The molecule has 2 N–H and O–H groups in total. The molecule has 3 rings (SSSR count). The summed E-state index contributed by atoms with van der Waals surface area (Å²) in [6.45, 7) is 5.99. The zero-order chi connectivity index (χ0) is 15.4. The van der Waals surface area contributed by atoms with Crippen LogP contribution in [0.3, 0.4) is 0 Å². The molecule has 0 bridgehead atoms. The van der Waals surface area contributed by atoms with E-state index in [1.807, 2.05) is 0 Å². The highest BCUT2D eigenvalue weighted by atomic mass is 16.5. The second kappa shape index (κ2) is 7.36. The van der Waals surface area contributed by atoms with E-state index < -0.39 is 0 Å². The smallest absolute Gasteiger partial charge is 0.123 e. The molecule has 2 saturated heterocycles. The van der Waals surface area contributed by atoms with E-state index in [0.29, 0.717) is 37.9 Å². The van der Waals surface area contributed by atoms with E-state index >= 15 is 0 Å². The van der Waals surface area contributed by atoms with Gasteiger partial charge in [-0.1, -0.05) is 10.3 Å². The Kier molecular flexibility index (Phi) is 5.24. The molecule has 124 valence electrons. The van der Waals surface area contributed by atoms with Crippen molar-refractivity contribution in [3.63, 3.8) is 0 Å². The fourth-order valence-corrected chi connectivity index (χ4v) is 3.66. The maximum atomic E-state index is 9.50. The molecule has 1 aliphatic carbocycles. The lowest BCUT2D eigenvalue weighted by molar-refractivity contribution is 0.0154. The molecule has 0 spiro atoms. The normalized spacial score (nSPS) is 36.0. The maximum Gasteiger partial charge on any atom is 0.123 e. The second-order valence-electron chi connectivity index (χ2n) is 5.88. The SMILES string of the molecule is O/N=C1\C(=N\O)C(N2CCOCC2)CCC1N1CCOCC1. The summed E-state index contributed by atoms with van der Waals surface area (Å²) in [4.78, 5) is 4.50. The number of oxime groups is 2. The van der Waals surface area contributed by atoms with Crippen molar-refractivity contribution in [2.24, 2.45) is 10.3 Å². The molecule has 3 aliphatic rings. The van der Waals surface area contributed by atoms with Gasteiger partial charge in [-0.15, -0.1) is 0 Å². The van der Waals surface area contributed by atoms with Crippen LogP contribution in [0.2, 0.25) is 0 Å². The summed E-state index contributed by atoms with van der Waals surface area (Å²) in [5.41, 5.74) is 0.985. The van der Waals surface area contributed by atoms with Crippen LogP contribution in [-0.2, 0) is 9.47 Å². The molecule has 2 aliphatic heterocycles. The first-order valence-electron chi connectivity index (χ1n) is 7.93. The molecular weight excluding hydrogens is 288 g/mol. The number of ether oxygens (including phenoxy) is 2. The Morgan fingerprint density at radius 2 is 1.09 bits per heavy atom. The van der Waals surface area contributed by atoms with Crippen molar-refractivity contribution in [1.82, 2.24) is 9.80 Å². The molecular formula is C14H24N4O4. The fourth-order valence-electron chi connectivity index (χ4n) is 3.66. The fraction of sp³-hybridized carbons (Fsp3) is 0.857. The van der Waals surface area contributed by atoms with Gasteiger partial charge >= 0.3 is 0 Å². The number of rotatable bonds is 2. The van der Waals surface area contributed by atoms with Crippen LogP contribution in [0.1, 0.15) is 12.8 Å². The predicted molar refractivity (Wildman–Crippen MR) is 80.0 cm³/mol. The summed E-state index contributed by atoms with van der Waals surface area (Å²) in [5, 5.41) is 26.0. The second-order valence-corrected chi connectivity index (χ2v) is 5.88. The van der Waals surface area contributed by atoms with Crippen molar-refractivity contribution in [3.8, 4) is 0 Å². The zero-order valence-corrected chi connectivity index (χ0v) is 12.7. The van der Waals surface area contributed by atoms with Crippen molar-refractivity contribution < 1.29 is 19.9 Å². The van der Waals surface area contributed by atoms with Crippen LogP contribution in [0.5, 0.6) is 0 Å². The van der Waals surface area contributed by atoms with Crippen LogP contribution >= 0.6 is 0 Å². The summed E-state index contributed by atoms with van der Waals surface area (Å²) in [5.74, 6) is 0. The molecule has 22 heavy (non-hydrogen) atoms. The molecule has 8 heteroatoms. The number of nitrogens with zero attached hydrogens (tertiary/aromatic N) is 4. The van der Waals surface area contributed by atoms with Crippen LogP contribution in [0.25, 0.3) is 0 Å². The Bertz CT molecular complexity index is 391. The van der Waals surface area contributed by atoms with Gasteiger partial charge in [-0.05, 0) is 12.8 Å². The van der Waals surface area contributed by atoms with Crippen molar-refractivity contribution in [3.05, 3.63) is 0 Å². The topological polar surface area (TPSA) is 90.1 Å². The third-order valence-electron chi connectivity index (χ3n) is 4.80. The number of hydrogen-bond donors (Lipinski definition) is 2. The Morgan fingerprint density at radius 1 is 0.727 bits per heavy atom. The van der Waals surface area contributed by atoms with Gasteiger partial charge in [-0.3, -0.25) is 9.80 Å². The minimum absolute atomic E-state index is 0.00269. The molecule has 0 aromatic heterocycles. The minimum atomic E-state index is -0.00269. The molecule has 0 aromatic carbocycles. The van der Waals surface area contributed by atoms with E-state index in [1.54, 1.807) is 0 Å². The maximum absolute atomic E-state index is 9.50. The van der Waals surface area contributed by atoms with Gasteiger partial charge < -0.3 is 19.9 Å². The Labute approximate surface area is 129 Å². The van der Waals surface area contributed by atoms with Crippen LogP contribution in [0, 0.1) is 0 Å². The lowest BCUT2D eigenvalue weighted by Crippen LogP contribution is -2.58. The van der Waals surface area contributed by atoms with Gasteiger partial charge in [0.25, 0.3) is 0 Å². The lowest BCUT2D eigenvalue weighted by Gasteiger charge is -2.42. The number of hydrogen-bond acceptors (Lipinski definition) is 8. The Hall–Kier alpha value is -1.22. The minimum Gasteiger partial charge on any atom is -0.411 e. The molecule has 3 fully saturated rings. The first kappa shape index (κ1) is 15.7. The third kappa shape index (κ3) is 3.10. The summed E-state index contributed by atoms with van der Waals surface area (Å²) < 4.78 is 10.8. The van der Waals surface area contributed by atoms with E-state index in [9.17, 15) is 10.4 Å². The van der Waals surface area contributed by atoms with Crippen LogP contribution in [-0.4, -0.2) is 96.3 Å². The monoisotopic (exact) mass is 312 g/mol. The summed E-state index contributed by atoms with van der Waals surface area (Å²) in [6, 6.07) is -0.00539. The van der Waals surface area contributed by atoms with Gasteiger partial charge in [0.05, 0.1) is 38.5 Å². The first-order valence-corrected chi connectivity index (χ1v) is 7.93. The number of morpholine rings is 2. The summed E-state index contributed by atoms with van der Waals surface area (Å²) in [7, 11) is 0. The summed E-state index contributed by atoms with van der Waals surface area (Å²) in [6.07, 6.45) is 1.78. The molecule has 2 atom stereocenters. The molecule has 0 radical (unpaired) electrons. The average Bonchev–Trinajstić information content (AvgIpc) is 2.61. The van der Waals surface area contributed by atoms with Gasteiger partial charge in [0, 0.05) is 26.2 Å². The molecule has 2 heterocycles. The van der Waals surface area contributed by atoms with Crippen LogP contribution in [0.15, 0.2) is 10.3 Å². The highest BCUT2D eigenvalue weighted by Gasteiger charge is 2.40. The molecule has 0 amide bonds. The standard InChI is InChI=1S/C14H24N4O4/c19-15-13-11(17-3-7-21-8-4-17)1-2-12(14(13)16-20)18-5-9-22-10-6-18/h11-12,19-20H,1-10H2/b15-13-,16-14+. The summed E-state index contributed by atoms with van der Waals surface area (Å²) >= 11 is 0. The highest BCUT2D eigenvalue weighted by Crippen LogP contribution is 2.25. The van der Waals surface area contributed by atoms with E-state index in [0.717, 1.165) is 39.0 Å². The van der Waals surface area contributed by atoms with Crippen molar-refractivity contribution in [2.45, 2.75) is 24.9 Å². The van der Waals surface area contributed by atoms with Crippen LogP contribution in [0.4, 0.5) is 0 Å². The van der Waals surface area contributed by atoms with Crippen molar-refractivity contribution in [1.29, 1.82) is 0 Å². The third-order valence-corrected chi connectivity index (χ3v) is 4.80. The highest BCUT2D eigenvalue weighted by molar-refractivity contribution is 6.46. The van der Waals surface area contributed by atoms with Crippen molar-refractivity contribution in [2.75, 3.05) is 52.6 Å². The Balaban J connectivity index is 1.76. The van der Waals surface area contributed by atoms with E-state index in [2.05, 4.69) is 20.1 Å². The van der Waals surface area contributed by atoms with E-state index in [1.165, 1.54) is 0 Å². The molecule has 8 nitrogen and oxygen atoms in total.